The molecule has 4 heteroatoms. The number of aryl methyl sites for hydroxylation is 2. The molecule has 0 saturated carbocycles. The molecule has 0 aromatic heterocycles. The third-order valence-electron chi connectivity index (χ3n) is 5.83. The fourth-order valence-corrected chi connectivity index (χ4v) is 4.48. The fraction of sp³-hybridized carbons (Fsp3) is 0.417. The van der Waals surface area contributed by atoms with E-state index in [2.05, 4.69) is 35.4 Å². The van der Waals surface area contributed by atoms with Crippen LogP contribution in [0.4, 0.5) is 11.4 Å². The maximum Gasteiger partial charge on any atom is 0.119 e. The Morgan fingerprint density at radius 2 is 1.89 bits per heavy atom. The van der Waals surface area contributed by atoms with Gasteiger partial charge in [-0.3, -0.25) is 4.90 Å². The maximum absolute atomic E-state index is 6.38. The fourth-order valence-electron chi connectivity index (χ4n) is 4.48. The zero-order valence-corrected chi connectivity index (χ0v) is 16.9. The van der Waals surface area contributed by atoms with Gasteiger partial charge in [-0.25, -0.2) is 0 Å². The first-order chi connectivity index (χ1) is 13.6. The van der Waals surface area contributed by atoms with E-state index < -0.39 is 0 Å². The number of ether oxygens (including phenoxy) is 1. The monoisotopic (exact) mass is 377 g/mol. The largest absolute Gasteiger partial charge is 0.490 e. The molecule has 2 aliphatic heterocycles. The molecule has 28 heavy (non-hydrogen) atoms. The van der Waals surface area contributed by atoms with Crippen molar-refractivity contribution >= 4 is 11.4 Å². The number of likely N-dealkylation sites (tertiary alicyclic amines) is 1. The van der Waals surface area contributed by atoms with Crippen LogP contribution >= 0.6 is 0 Å². The Morgan fingerprint density at radius 3 is 2.64 bits per heavy atom. The van der Waals surface area contributed by atoms with E-state index in [-0.39, 0.29) is 0 Å². The Hall–Kier alpha value is -2.46. The Labute approximate surface area is 168 Å². The standard InChI is InChI=1S/C24H31N3O/c1-18-15-20-7-6-12-27(24(20)23(25)16-18)19(2)17-26-13-10-22(11-14-26)28-21-8-4-3-5-9-21/h3-5,8-9,15-16,22H,2,6-7,10-14,17,25H2,1H3. The van der Waals surface area contributed by atoms with Crippen LogP contribution in [0.25, 0.3) is 0 Å². The third-order valence-corrected chi connectivity index (χ3v) is 5.83. The molecule has 2 N–H and O–H groups in total. The molecule has 2 heterocycles. The number of benzene rings is 2. The predicted molar refractivity (Wildman–Crippen MR) is 117 cm³/mol. The summed E-state index contributed by atoms with van der Waals surface area (Å²) in [4.78, 5) is 4.84. The Bertz CT molecular complexity index is 825. The van der Waals surface area contributed by atoms with E-state index in [9.17, 15) is 0 Å². The van der Waals surface area contributed by atoms with Crippen LogP contribution < -0.4 is 15.4 Å². The highest BCUT2D eigenvalue weighted by molar-refractivity contribution is 5.75. The number of hydrogen-bond donors (Lipinski definition) is 1. The quantitative estimate of drug-likeness (QED) is 0.785. The van der Waals surface area contributed by atoms with Gasteiger partial charge in [0.2, 0.25) is 0 Å². The molecule has 2 aliphatic rings. The van der Waals surface area contributed by atoms with E-state index in [4.69, 9.17) is 10.5 Å². The average Bonchev–Trinajstić information content (AvgIpc) is 2.69. The smallest absolute Gasteiger partial charge is 0.119 e. The molecule has 148 valence electrons. The van der Waals surface area contributed by atoms with Gasteiger partial charge in [-0.15, -0.1) is 0 Å². The van der Waals surface area contributed by atoms with E-state index in [1.165, 1.54) is 16.8 Å². The van der Waals surface area contributed by atoms with Crippen molar-refractivity contribution in [2.75, 3.05) is 36.8 Å². The Balaban J connectivity index is 1.35. The molecular weight excluding hydrogens is 346 g/mol. The van der Waals surface area contributed by atoms with Crippen molar-refractivity contribution in [3.05, 3.63) is 65.9 Å². The first-order valence-corrected chi connectivity index (χ1v) is 10.4. The normalized spacial score (nSPS) is 18.0. The molecule has 1 saturated heterocycles. The van der Waals surface area contributed by atoms with Gasteiger partial charge in [0.1, 0.15) is 11.9 Å². The summed E-state index contributed by atoms with van der Waals surface area (Å²) in [5.41, 5.74) is 12.2. The lowest BCUT2D eigenvalue weighted by Crippen LogP contribution is -2.42. The first-order valence-electron chi connectivity index (χ1n) is 10.4. The van der Waals surface area contributed by atoms with Crippen LogP contribution in [-0.2, 0) is 6.42 Å². The van der Waals surface area contributed by atoms with Crippen molar-refractivity contribution in [1.82, 2.24) is 4.90 Å². The molecule has 0 aliphatic carbocycles. The second-order valence-corrected chi connectivity index (χ2v) is 8.09. The predicted octanol–water partition coefficient (Wildman–Crippen LogP) is 4.39. The number of para-hydroxylation sites is 1. The molecule has 1 fully saturated rings. The molecule has 0 atom stereocenters. The van der Waals surface area contributed by atoms with E-state index in [0.29, 0.717) is 6.10 Å². The second-order valence-electron chi connectivity index (χ2n) is 8.09. The zero-order chi connectivity index (χ0) is 19.5. The first kappa shape index (κ1) is 18.9. The minimum absolute atomic E-state index is 0.307. The van der Waals surface area contributed by atoms with Crippen molar-refractivity contribution in [1.29, 1.82) is 0 Å². The summed E-state index contributed by atoms with van der Waals surface area (Å²) in [6.45, 7) is 10.5. The highest BCUT2D eigenvalue weighted by atomic mass is 16.5. The van der Waals surface area contributed by atoms with Crippen molar-refractivity contribution in [3.63, 3.8) is 0 Å². The van der Waals surface area contributed by atoms with Crippen molar-refractivity contribution < 1.29 is 4.74 Å². The minimum atomic E-state index is 0.307. The number of nitrogens with zero attached hydrogens (tertiary/aromatic N) is 2. The topological polar surface area (TPSA) is 41.7 Å². The van der Waals surface area contributed by atoms with E-state index in [0.717, 1.165) is 69.0 Å². The number of nitrogen functional groups attached to an aromatic ring is 1. The Kier molecular flexibility index (Phi) is 5.58. The van der Waals surface area contributed by atoms with Gasteiger partial charge in [-0.05, 0) is 61.9 Å². The van der Waals surface area contributed by atoms with Crippen LogP contribution in [0, 0.1) is 6.92 Å². The lowest BCUT2D eigenvalue weighted by Gasteiger charge is -2.38. The number of anilines is 2. The van der Waals surface area contributed by atoms with Gasteiger partial charge >= 0.3 is 0 Å². The van der Waals surface area contributed by atoms with Crippen LogP contribution in [0.1, 0.15) is 30.4 Å². The van der Waals surface area contributed by atoms with Crippen molar-refractivity contribution in [3.8, 4) is 5.75 Å². The summed E-state index contributed by atoms with van der Waals surface area (Å²) >= 11 is 0. The van der Waals surface area contributed by atoms with Gasteiger partial charge in [0.25, 0.3) is 0 Å². The lowest BCUT2D eigenvalue weighted by atomic mass is 9.97. The summed E-state index contributed by atoms with van der Waals surface area (Å²) < 4.78 is 6.12. The van der Waals surface area contributed by atoms with E-state index >= 15 is 0 Å². The van der Waals surface area contributed by atoms with Gasteiger partial charge in [0.15, 0.2) is 0 Å². The van der Waals surface area contributed by atoms with Gasteiger partial charge in [-0.2, -0.15) is 0 Å². The number of piperidine rings is 1. The van der Waals surface area contributed by atoms with Crippen LogP contribution in [0.2, 0.25) is 0 Å². The summed E-state index contributed by atoms with van der Waals surface area (Å²) in [6.07, 6.45) is 4.68. The minimum Gasteiger partial charge on any atom is -0.490 e. The zero-order valence-electron chi connectivity index (χ0n) is 16.9. The Morgan fingerprint density at radius 1 is 1.14 bits per heavy atom. The molecule has 2 aromatic rings. The maximum atomic E-state index is 6.38. The van der Waals surface area contributed by atoms with Crippen LogP contribution in [0.3, 0.4) is 0 Å². The highest BCUT2D eigenvalue weighted by Gasteiger charge is 2.25. The average molecular weight is 378 g/mol. The van der Waals surface area contributed by atoms with Crippen LogP contribution in [0.15, 0.2) is 54.7 Å². The molecular formula is C24H31N3O. The molecule has 4 rings (SSSR count). The third kappa shape index (κ3) is 4.17. The highest BCUT2D eigenvalue weighted by Crippen LogP contribution is 2.36. The van der Waals surface area contributed by atoms with Gasteiger partial charge in [0, 0.05) is 31.9 Å². The van der Waals surface area contributed by atoms with E-state index in [1.54, 1.807) is 0 Å². The number of nitrogens with two attached hydrogens (primary N) is 1. The molecule has 0 bridgehead atoms. The molecule has 4 nitrogen and oxygen atoms in total. The molecule has 0 amide bonds. The van der Waals surface area contributed by atoms with E-state index in [1.807, 2.05) is 30.3 Å². The summed E-state index contributed by atoms with van der Waals surface area (Å²) in [5, 5.41) is 0. The van der Waals surface area contributed by atoms with Gasteiger partial charge in [0.05, 0.1) is 11.4 Å². The SMILES string of the molecule is C=C(CN1CCC(Oc2ccccc2)CC1)N1CCCc2cc(C)cc(N)c21. The molecule has 2 aromatic carbocycles. The summed E-state index contributed by atoms with van der Waals surface area (Å²) in [5.74, 6) is 0.973. The van der Waals surface area contributed by atoms with Gasteiger partial charge in [-0.1, -0.05) is 30.8 Å². The second kappa shape index (κ2) is 8.27. The lowest BCUT2D eigenvalue weighted by molar-refractivity contribution is 0.105. The summed E-state index contributed by atoms with van der Waals surface area (Å²) in [7, 11) is 0. The van der Waals surface area contributed by atoms with Crippen molar-refractivity contribution in [2.45, 2.75) is 38.7 Å². The van der Waals surface area contributed by atoms with Crippen molar-refractivity contribution in [2.24, 2.45) is 0 Å². The molecule has 0 radical (unpaired) electrons. The van der Waals surface area contributed by atoms with Crippen LogP contribution in [0.5, 0.6) is 5.75 Å². The molecule has 0 spiro atoms. The van der Waals surface area contributed by atoms with Gasteiger partial charge < -0.3 is 15.4 Å². The molecule has 0 unspecified atom stereocenters. The number of fused-ring (bicyclic) bond motifs is 1. The van der Waals surface area contributed by atoms with Crippen LogP contribution in [-0.4, -0.2) is 37.2 Å². The number of hydrogen-bond acceptors (Lipinski definition) is 4. The number of rotatable bonds is 5. The summed E-state index contributed by atoms with van der Waals surface area (Å²) in [6, 6.07) is 14.5.